The zero-order valence-electron chi connectivity index (χ0n) is 12.3. The summed E-state index contributed by atoms with van der Waals surface area (Å²) in [6.07, 6.45) is 0. The van der Waals surface area contributed by atoms with Gasteiger partial charge in [0.05, 0.1) is 5.92 Å². The van der Waals surface area contributed by atoms with E-state index in [1.54, 1.807) is 52.8 Å². The molecular weight excluding hydrogens is 344 g/mol. The minimum absolute atomic E-state index is 0.403. The van der Waals surface area contributed by atoms with Gasteiger partial charge in [0, 0.05) is 15.1 Å². The van der Waals surface area contributed by atoms with Crippen LogP contribution in [0.2, 0.25) is 5.02 Å². The Hall–Kier alpha value is -0.580. The minimum Gasteiger partial charge on any atom is -0.460 e. The molecule has 2 atom stereocenters. The van der Waals surface area contributed by atoms with Crippen LogP contribution < -0.4 is 0 Å². The maximum atomic E-state index is 12.1. The molecule has 20 heavy (non-hydrogen) atoms. The predicted octanol–water partition coefficient (Wildman–Crippen LogP) is 4.29. The molecule has 0 aliphatic carbocycles. The molecule has 1 aromatic rings. The molecule has 0 spiro atoms. The summed E-state index contributed by atoms with van der Waals surface area (Å²) in [6, 6.07) is 5.16. The Morgan fingerprint density at radius 3 is 2.35 bits per heavy atom. The maximum absolute atomic E-state index is 12.1. The quantitative estimate of drug-likeness (QED) is 0.815. The number of benzene rings is 1. The highest BCUT2D eigenvalue weighted by molar-refractivity contribution is 9.10. The number of ether oxygens (including phenoxy) is 1. The summed E-state index contributed by atoms with van der Waals surface area (Å²) in [7, 11) is 0. The highest BCUT2D eigenvalue weighted by Crippen LogP contribution is 2.36. The van der Waals surface area contributed by atoms with Gasteiger partial charge in [-0.05, 0) is 46.8 Å². The van der Waals surface area contributed by atoms with E-state index in [4.69, 9.17) is 16.3 Å². The third-order valence-corrected chi connectivity index (χ3v) is 3.89. The van der Waals surface area contributed by atoms with Gasteiger partial charge in [-0.3, -0.25) is 4.79 Å². The zero-order chi connectivity index (χ0) is 15.7. The topological polar surface area (TPSA) is 46.5 Å². The predicted molar refractivity (Wildman–Crippen MR) is 83.7 cm³/mol. The number of carbonyl (C=O) groups excluding carboxylic acids is 1. The van der Waals surface area contributed by atoms with Crippen LogP contribution in [0, 0.1) is 5.92 Å². The lowest BCUT2D eigenvalue weighted by Crippen LogP contribution is -2.39. The molecule has 2 unspecified atom stereocenters. The summed E-state index contributed by atoms with van der Waals surface area (Å²) >= 11 is 9.46. The van der Waals surface area contributed by atoms with E-state index >= 15 is 0 Å². The maximum Gasteiger partial charge on any atom is 0.312 e. The van der Waals surface area contributed by atoms with E-state index in [1.165, 1.54) is 0 Å². The molecule has 0 aliphatic heterocycles. The van der Waals surface area contributed by atoms with Crippen LogP contribution in [0.3, 0.4) is 0 Å². The van der Waals surface area contributed by atoms with Crippen LogP contribution in [0.5, 0.6) is 0 Å². The van der Waals surface area contributed by atoms with Crippen molar-refractivity contribution in [1.29, 1.82) is 0 Å². The van der Waals surface area contributed by atoms with Crippen molar-refractivity contribution in [2.45, 2.75) is 45.8 Å². The highest BCUT2D eigenvalue weighted by Gasteiger charge is 2.39. The van der Waals surface area contributed by atoms with Crippen LogP contribution in [0.1, 0.15) is 40.2 Å². The first kappa shape index (κ1) is 17.5. The van der Waals surface area contributed by atoms with Crippen LogP contribution >= 0.6 is 27.5 Å². The van der Waals surface area contributed by atoms with Gasteiger partial charge in [0.15, 0.2) is 0 Å². The molecule has 5 heteroatoms. The van der Waals surface area contributed by atoms with Crippen LogP contribution in [0.15, 0.2) is 22.7 Å². The number of carbonyl (C=O) groups is 1. The molecular formula is C15H20BrClO3. The number of hydrogen-bond acceptors (Lipinski definition) is 3. The van der Waals surface area contributed by atoms with Gasteiger partial charge in [-0.15, -0.1) is 0 Å². The SMILES string of the molecule is CC(C(=O)OC(C)(C)C)C(C)(O)c1ccc(Br)cc1Cl. The van der Waals surface area contributed by atoms with Crippen molar-refractivity contribution in [3.8, 4) is 0 Å². The summed E-state index contributed by atoms with van der Waals surface area (Å²) in [5.41, 5.74) is -1.49. The number of halogens is 2. The molecule has 0 aliphatic rings. The summed E-state index contributed by atoms with van der Waals surface area (Å²) in [5, 5.41) is 11.1. The lowest BCUT2D eigenvalue weighted by molar-refractivity contribution is -0.168. The third kappa shape index (κ3) is 4.21. The molecule has 1 aromatic carbocycles. The summed E-state index contributed by atoms with van der Waals surface area (Å²) < 4.78 is 6.13. The lowest BCUT2D eigenvalue weighted by atomic mass is 9.84. The Bertz CT molecular complexity index is 506. The summed E-state index contributed by atoms with van der Waals surface area (Å²) in [4.78, 5) is 12.1. The molecule has 0 aromatic heterocycles. The van der Waals surface area contributed by atoms with Gasteiger partial charge in [-0.2, -0.15) is 0 Å². The molecule has 0 saturated carbocycles. The molecule has 0 amide bonds. The van der Waals surface area contributed by atoms with E-state index in [0.29, 0.717) is 10.6 Å². The largest absolute Gasteiger partial charge is 0.460 e. The van der Waals surface area contributed by atoms with Crippen LogP contribution in [-0.2, 0) is 15.1 Å². The van der Waals surface area contributed by atoms with Gasteiger partial charge in [0.2, 0.25) is 0 Å². The van der Waals surface area contributed by atoms with E-state index in [2.05, 4.69) is 15.9 Å². The fourth-order valence-corrected chi connectivity index (χ4v) is 2.62. The Balaban J connectivity index is 3.06. The number of rotatable bonds is 3. The van der Waals surface area contributed by atoms with Crippen molar-refractivity contribution in [3.05, 3.63) is 33.3 Å². The van der Waals surface area contributed by atoms with Crippen molar-refractivity contribution in [3.63, 3.8) is 0 Å². The Morgan fingerprint density at radius 1 is 1.35 bits per heavy atom. The normalized spacial score (nSPS) is 16.4. The zero-order valence-corrected chi connectivity index (χ0v) is 14.7. The van der Waals surface area contributed by atoms with E-state index in [-0.39, 0.29) is 0 Å². The first-order chi connectivity index (χ1) is 8.95. The third-order valence-electron chi connectivity index (χ3n) is 3.08. The van der Waals surface area contributed by atoms with Gasteiger partial charge in [-0.1, -0.05) is 33.6 Å². The summed E-state index contributed by atoms with van der Waals surface area (Å²) in [6.45, 7) is 8.57. The van der Waals surface area contributed by atoms with Crippen LogP contribution in [0.25, 0.3) is 0 Å². The molecule has 3 nitrogen and oxygen atoms in total. The first-order valence-electron chi connectivity index (χ1n) is 6.36. The van der Waals surface area contributed by atoms with E-state index < -0.39 is 23.1 Å². The lowest BCUT2D eigenvalue weighted by Gasteiger charge is -2.32. The molecule has 112 valence electrons. The average Bonchev–Trinajstić information content (AvgIpc) is 2.24. The molecule has 0 saturated heterocycles. The van der Waals surface area contributed by atoms with Crippen molar-refractivity contribution in [2.24, 2.45) is 5.92 Å². The molecule has 1 rings (SSSR count). The van der Waals surface area contributed by atoms with Gasteiger partial charge in [-0.25, -0.2) is 0 Å². The van der Waals surface area contributed by atoms with E-state index in [1.807, 2.05) is 0 Å². The van der Waals surface area contributed by atoms with Gasteiger partial charge in [0.1, 0.15) is 11.2 Å². The number of aliphatic hydroxyl groups is 1. The van der Waals surface area contributed by atoms with Crippen molar-refractivity contribution in [2.75, 3.05) is 0 Å². The van der Waals surface area contributed by atoms with Crippen LogP contribution in [-0.4, -0.2) is 16.7 Å². The van der Waals surface area contributed by atoms with E-state index in [9.17, 15) is 9.90 Å². The standard InChI is InChI=1S/C15H20BrClO3/c1-9(13(18)20-14(2,3)4)15(5,19)11-7-6-10(16)8-12(11)17/h6-9,19H,1-5H3. The van der Waals surface area contributed by atoms with Crippen molar-refractivity contribution in [1.82, 2.24) is 0 Å². The van der Waals surface area contributed by atoms with Crippen molar-refractivity contribution >= 4 is 33.5 Å². The smallest absolute Gasteiger partial charge is 0.312 e. The second-order valence-corrected chi connectivity index (χ2v) is 7.35. The first-order valence-corrected chi connectivity index (χ1v) is 7.53. The van der Waals surface area contributed by atoms with Crippen molar-refractivity contribution < 1.29 is 14.6 Å². The highest BCUT2D eigenvalue weighted by atomic mass is 79.9. The molecule has 0 radical (unpaired) electrons. The fourth-order valence-electron chi connectivity index (χ4n) is 1.75. The van der Waals surface area contributed by atoms with Gasteiger partial charge in [0.25, 0.3) is 0 Å². The Kier molecular flexibility index (Phi) is 5.28. The molecule has 0 bridgehead atoms. The van der Waals surface area contributed by atoms with Gasteiger partial charge < -0.3 is 9.84 Å². The van der Waals surface area contributed by atoms with Gasteiger partial charge >= 0.3 is 5.97 Å². The monoisotopic (exact) mass is 362 g/mol. The fraction of sp³-hybridized carbons (Fsp3) is 0.533. The number of hydrogen-bond donors (Lipinski definition) is 1. The summed E-state index contributed by atoms with van der Waals surface area (Å²) in [5.74, 6) is -1.19. The van der Waals surface area contributed by atoms with Crippen LogP contribution in [0.4, 0.5) is 0 Å². The number of esters is 1. The Morgan fingerprint density at radius 2 is 1.90 bits per heavy atom. The Labute approximate surface area is 133 Å². The second-order valence-electron chi connectivity index (χ2n) is 6.03. The molecule has 0 fully saturated rings. The second kappa shape index (κ2) is 6.04. The minimum atomic E-state index is -1.40. The average molecular weight is 364 g/mol. The molecule has 0 heterocycles. The molecule has 1 N–H and O–H groups in total. The van der Waals surface area contributed by atoms with E-state index in [0.717, 1.165) is 4.47 Å².